The van der Waals surface area contributed by atoms with Gasteiger partial charge in [0.2, 0.25) is 0 Å². The van der Waals surface area contributed by atoms with Crippen LogP contribution in [-0.2, 0) is 10.8 Å². The zero-order chi connectivity index (χ0) is 44.0. The van der Waals surface area contributed by atoms with E-state index < -0.39 is 5.41 Å². The summed E-state index contributed by atoms with van der Waals surface area (Å²) >= 11 is 0. The van der Waals surface area contributed by atoms with Crippen molar-refractivity contribution in [2.45, 2.75) is 38.0 Å². The first-order valence-electron chi connectivity index (χ1n) is 23.0. The van der Waals surface area contributed by atoms with Crippen LogP contribution >= 0.6 is 0 Å². The molecule has 0 amide bonds. The van der Waals surface area contributed by atoms with Gasteiger partial charge in [-0.3, -0.25) is 0 Å². The molecule has 0 saturated heterocycles. The Kier molecular flexibility index (Phi) is 10.2. The summed E-state index contributed by atoms with van der Waals surface area (Å²) in [6.45, 7) is 6.93. The van der Waals surface area contributed by atoms with Crippen LogP contribution in [0.3, 0.4) is 0 Å². The molecule has 8 aromatic rings. The van der Waals surface area contributed by atoms with Gasteiger partial charge >= 0.3 is 0 Å². The molecule has 0 saturated carbocycles. The van der Waals surface area contributed by atoms with E-state index in [4.69, 9.17) is 0 Å². The summed E-state index contributed by atoms with van der Waals surface area (Å²) in [7, 11) is 0. The minimum absolute atomic E-state index is 0.236. The van der Waals surface area contributed by atoms with E-state index in [1.54, 1.807) is 0 Å². The van der Waals surface area contributed by atoms with Gasteiger partial charge in [0.15, 0.2) is 0 Å². The number of para-hydroxylation sites is 2. The molecule has 1 aliphatic heterocycles. The number of hydrogen-bond acceptors (Lipinski definition) is 2. The van der Waals surface area contributed by atoms with Gasteiger partial charge in [-0.05, 0) is 128 Å². The molecule has 0 spiro atoms. The van der Waals surface area contributed by atoms with E-state index in [2.05, 4.69) is 273 Å². The minimum Gasteiger partial charge on any atom is -0.315 e. The number of benzene rings is 8. The molecule has 2 atom stereocenters. The lowest BCUT2D eigenvalue weighted by Gasteiger charge is -2.36. The second-order valence-corrected chi connectivity index (χ2v) is 18.3. The van der Waals surface area contributed by atoms with Crippen LogP contribution in [0.15, 0.2) is 254 Å². The summed E-state index contributed by atoms with van der Waals surface area (Å²) in [5, 5.41) is 0. The SMILES string of the molecule is CC1C=CC(C2(c3ccccc3)c3ccccc3-c3ccc(-c4ccc(N(C5=C/N(c6ccccc6)c6ccccc6C(C)(C)/C=C\5)c5ccc(-c6ccccc6)cc5)cc4)cc32)=CC1. The summed E-state index contributed by atoms with van der Waals surface area (Å²) in [6.07, 6.45) is 15.3. The van der Waals surface area contributed by atoms with Gasteiger partial charge in [0.1, 0.15) is 0 Å². The summed E-state index contributed by atoms with van der Waals surface area (Å²) in [5.41, 5.74) is 18.8. The molecule has 0 bridgehead atoms. The van der Waals surface area contributed by atoms with Crippen LogP contribution in [0.2, 0.25) is 0 Å². The van der Waals surface area contributed by atoms with Crippen molar-refractivity contribution in [3.63, 3.8) is 0 Å². The van der Waals surface area contributed by atoms with E-state index in [0.717, 1.165) is 29.2 Å². The van der Waals surface area contributed by atoms with E-state index in [9.17, 15) is 0 Å². The molecule has 65 heavy (non-hydrogen) atoms. The van der Waals surface area contributed by atoms with Gasteiger partial charge in [-0.25, -0.2) is 0 Å². The fourth-order valence-electron chi connectivity index (χ4n) is 10.4. The Morgan fingerprint density at radius 1 is 0.508 bits per heavy atom. The maximum atomic E-state index is 2.49. The van der Waals surface area contributed by atoms with E-state index in [0.29, 0.717) is 5.92 Å². The normalized spacial score (nSPS) is 19.4. The third-order valence-electron chi connectivity index (χ3n) is 13.8. The summed E-state index contributed by atoms with van der Waals surface area (Å²) in [6, 6.07) is 75.7. The Balaban J connectivity index is 1.06. The van der Waals surface area contributed by atoms with Gasteiger partial charge in [-0.15, -0.1) is 0 Å². The fraction of sp³-hybridized carbons (Fsp3) is 0.111. The summed E-state index contributed by atoms with van der Waals surface area (Å²) in [5.74, 6) is 0.520. The average Bonchev–Trinajstić information content (AvgIpc) is 3.66. The molecular formula is C63H52N2. The standard InChI is InChI=1S/C63H52N2/c1-45-27-34-51(35-28-45)63(50-19-9-5-10-20-50)58-24-14-13-23-56(58)57-40-33-49(43-60(57)63)48-31-38-54(39-32-48)65(53-36-29-47(30-37-53)46-17-7-4-8-18-46)55-41-42-62(2,3)59-25-15-16-26-61(59)64(44-55)52-21-11-6-12-22-52/h4-27,29-45H,28H2,1-3H3/b42-41-,55-44+. The van der Waals surface area contributed by atoms with Crippen molar-refractivity contribution < 1.29 is 0 Å². The van der Waals surface area contributed by atoms with Crippen molar-refractivity contribution in [3.8, 4) is 33.4 Å². The lowest BCUT2D eigenvalue weighted by Crippen LogP contribution is -2.30. The van der Waals surface area contributed by atoms with Crippen molar-refractivity contribution >= 4 is 22.7 Å². The predicted octanol–water partition coefficient (Wildman–Crippen LogP) is 16.5. The maximum absolute atomic E-state index is 2.49. The largest absolute Gasteiger partial charge is 0.315 e. The van der Waals surface area contributed by atoms with Crippen LogP contribution in [0, 0.1) is 5.92 Å². The highest BCUT2D eigenvalue weighted by molar-refractivity contribution is 5.89. The molecule has 2 aliphatic carbocycles. The molecule has 0 radical (unpaired) electrons. The molecular weight excluding hydrogens is 785 g/mol. The van der Waals surface area contributed by atoms with Gasteiger partial charge in [-0.2, -0.15) is 0 Å². The zero-order valence-corrected chi connectivity index (χ0v) is 37.3. The van der Waals surface area contributed by atoms with Gasteiger partial charge in [0.25, 0.3) is 0 Å². The topological polar surface area (TPSA) is 6.48 Å². The van der Waals surface area contributed by atoms with E-state index >= 15 is 0 Å². The molecule has 314 valence electrons. The average molecular weight is 837 g/mol. The highest BCUT2D eigenvalue weighted by Gasteiger charge is 2.47. The van der Waals surface area contributed by atoms with Crippen LogP contribution in [0.25, 0.3) is 33.4 Å². The van der Waals surface area contributed by atoms with Crippen molar-refractivity contribution in [2.24, 2.45) is 5.92 Å². The molecule has 2 nitrogen and oxygen atoms in total. The third kappa shape index (κ3) is 7.07. The van der Waals surface area contributed by atoms with E-state index in [1.165, 1.54) is 66.9 Å². The van der Waals surface area contributed by atoms with Gasteiger partial charge in [-0.1, -0.05) is 203 Å². The number of fused-ring (bicyclic) bond motifs is 4. The van der Waals surface area contributed by atoms with E-state index in [1.807, 2.05) is 0 Å². The zero-order valence-electron chi connectivity index (χ0n) is 37.3. The first kappa shape index (κ1) is 40.1. The van der Waals surface area contributed by atoms with Crippen LogP contribution in [0.1, 0.15) is 49.4 Å². The number of rotatable bonds is 8. The van der Waals surface area contributed by atoms with Crippen LogP contribution in [-0.4, -0.2) is 0 Å². The molecule has 0 fully saturated rings. The van der Waals surface area contributed by atoms with Crippen LogP contribution in [0.5, 0.6) is 0 Å². The Labute approximate surface area is 384 Å². The van der Waals surface area contributed by atoms with Crippen molar-refractivity contribution in [1.82, 2.24) is 0 Å². The minimum atomic E-state index is -0.420. The van der Waals surface area contributed by atoms with Crippen LogP contribution < -0.4 is 9.80 Å². The smallest absolute Gasteiger partial charge is 0.0710 e. The number of allylic oxidation sites excluding steroid dienone is 6. The highest BCUT2D eigenvalue weighted by atomic mass is 15.2. The first-order chi connectivity index (χ1) is 31.9. The van der Waals surface area contributed by atoms with E-state index in [-0.39, 0.29) is 5.41 Å². The second kappa shape index (κ2) is 16.5. The molecule has 0 aromatic heterocycles. The molecule has 3 aliphatic rings. The van der Waals surface area contributed by atoms with Crippen molar-refractivity contribution in [2.75, 3.05) is 9.80 Å². The monoisotopic (exact) mass is 836 g/mol. The maximum Gasteiger partial charge on any atom is 0.0710 e. The molecule has 2 unspecified atom stereocenters. The first-order valence-corrected chi connectivity index (χ1v) is 23.0. The van der Waals surface area contributed by atoms with Gasteiger partial charge in [0, 0.05) is 34.4 Å². The molecule has 11 rings (SSSR count). The molecule has 8 aromatic carbocycles. The molecule has 2 heteroatoms. The second-order valence-electron chi connectivity index (χ2n) is 18.3. The quantitative estimate of drug-likeness (QED) is 0.150. The number of anilines is 4. The van der Waals surface area contributed by atoms with Gasteiger partial charge < -0.3 is 9.80 Å². The fourth-order valence-corrected chi connectivity index (χ4v) is 10.4. The van der Waals surface area contributed by atoms with Crippen molar-refractivity contribution in [1.29, 1.82) is 0 Å². The Morgan fingerprint density at radius 2 is 1.06 bits per heavy atom. The molecule has 0 N–H and O–H groups in total. The lowest BCUT2D eigenvalue weighted by atomic mass is 9.65. The summed E-state index contributed by atoms with van der Waals surface area (Å²) in [4.78, 5) is 4.76. The third-order valence-corrected chi connectivity index (χ3v) is 13.8. The number of nitrogens with zero attached hydrogens (tertiary/aromatic N) is 2. The summed E-state index contributed by atoms with van der Waals surface area (Å²) < 4.78 is 0. The predicted molar refractivity (Wildman–Crippen MR) is 274 cm³/mol. The van der Waals surface area contributed by atoms with Crippen LogP contribution in [0.4, 0.5) is 22.7 Å². The molecule has 1 heterocycles. The van der Waals surface area contributed by atoms with Crippen molar-refractivity contribution in [3.05, 3.63) is 276 Å². The Morgan fingerprint density at radius 3 is 1.74 bits per heavy atom. The Hall–Kier alpha value is -7.68. The number of hydrogen-bond donors (Lipinski definition) is 0. The Bertz CT molecular complexity index is 3140. The lowest BCUT2D eigenvalue weighted by molar-refractivity contribution is 0.668. The highest BCUT2D eigenvalue weighted by Crippen LogP contribution is 2.58. The van der Waals surface area contributed by atoms with Gasteiger partial charge in [0.05, 0.1) is 11.1 Å².